The largest absolute Gasteiger partial charge is 0.437 e. The first kappa shape index (κ1) is 21.0. The van der Waals surface area contributed by atoms with E-state index in [4.69, 9.17) is 4.74 Å². The summed E-state index contributed by atoms with van der Waals surface area (Å²) >= 11 is 0. The van der Waals surface area contributed by atoms with Gasteiger partial charge in [0, 0.05) is 29.5 Å². The number of amides is 1. The van der Waals surface area contributed by atoms with Gasteiger partial charge in [-0.15, -0.1) is 0 Å². The van der Waals surface area contributed by atoms with Gasteiger partial charge >= 0.3 is 0 Å². The summed E-state index contributed by atoms with van der Waals surface area (Å²) in [6, 6.07) is 23.4. The molecule has 5 aromatic rings. The number of ether oxygens (including phenoxy) is 1. The number of rotatable bonds is 6. The van der Waals surface area contributed by atoms with E-state index >= 15 is 0 Å². The third kappa shape index (κ3) is 4.51. The molecular formula is C26H19N5O3. The van der Waals surface area contributed by atoms with Crippen molar-refractivity contribution in [1.29, 1.82) is 0 Å². The van der Waals surface area contributed by atoms with Crippen LogP contribution in [-0.4, -0.2) is 25.7 Å². The molecule has 0 bridgehead atoms. The zero-order valence-corrected chi connectivity index (χ0v) is 18.0. The maximum Gasteiger partial charge on any atom is 0.276 e. The molecule has 0 aliphatic rings. The number of carbonyl (C=O) groups is 1. The standard InChI is InChI=1S/C26H19N5O3/c32-25(29-19-9-6-10-20(15-19)34-23-16-27-13-14-28-23)24-21-11-4-5-12-22(21)26(33)31(30-24)17-18-7-2-1-3-8-18/h1-16H,17H2,(H,29,32). The van der Waals surface area contributed by atoms with E-state index in [0.717, 1.165) is 5.56 Å². The Kier molecular flexibility index (Phi) is 5.77. The van der Waals surface area contributed by atoms with Gasteiger partial charge in [-0.3, -0.25) is 14.6 Å². The topological polar surface area (TPSA) is 99.0 Å². The maximum absolute atomic E-state index is 13.3. The number of fused-ring (bicyclic) bond motifs is 1. The Labute approximate surface area is 194 Å². The number of hydrogen-bond acceptors (Lipinski definition) is 6. The zero-order valence-electron chi connectivity index (χ0n) is 18.0. The van der Waals surface area contributed by atoms with Crippen LogP contribution in [-0.2, 0) is 6.54 Å². The van der Waals surface area contributed by atoms with E-state index < -0.39 is 5.91 Å². The Balaban J connectivity index is 1.47. The highest BCUT2D eigenvalue weighted by atomic mass is 16.5. The van der Waals surface area contributed by atoms with Gasteiger partial charge in [-0.2, -0.15) is 5.10 Å². The highest BCUT2D eigenvalue weighted by Crippen LogP contribution is 2.23. The van der Waals surface area contributed by atoms with E-state index in [1.165, 1.54) is 17.1 Å². The molecule has 8 nitrogen and oxygen atoms in total. The van der Waals surface area contributed by atoms with Crippen molar-refractivity contribution in [2.75, 3.05) is 5.32 Å². The van der Waals surface area contributed by atoms with Crippen LogP contribution in [0, 0.1) is 0 Å². The summed E-state index contributed by atoms with van der Waals surface area (Å²) in [5, 5.41) is 8.20. The van der Waals surface area contributed by atoms with Gasteiger partial charge < -0.3 is 10.1 Å². The van der Waals surface area contributed by atoms with Gasteiger partial charge in [-0.25, -0.2) is 9.67 Å². The molecule has 0 aliphatic carbocycles. The Morgan fingerprint density at radius 2 is 1.71 bits per heavy atom. The van der Waals surface area contributed by atoms with Crippen LogP contribution in [0.4, 0.5) is 5.69 Å². The number of nitrogens with one attached hydrogen (secondary N) is 1. The summed E-state index contributed by atoms with van der Waals surface area (Å²) in [6.07, 6.45) is 4.58. The molecule has 34 heavy (non-hydrogen) atoms. The van der Waals surface area contributed by atoms with Crippen LogP contribution in [0.1, 0.15) is 16.1 Å². The lowest BCUT2D eigenvalue weighted by Gasteiger charge is -2.12. The quantitative estimate of drug-likeness (QED) is 0.415. The van der Waals surface area contributed by atoms with Gasteiger partial charge in [-0.05, 0) is 23.8 Å². The molecule has 2 aromatic heterocycles. The molecule has 0 unspecified atom stereocenters. The van der Waals surface area contributed by atoms with Gasteiger partial charge in [-0.1, -0.05) is 54.6 Å². The second kappa shape index (κ2) is 9.33. The Morgan fingerprint density at radius 1 is 0.912 bits per heavy atom. The first-order valence-corrected chi connectivity index (χ1v) is 10.6. The molecule has 0 fully saturated rings. The lowest BCUT2D eigenvalue weighted by Crippen LogP contribution is -2.28. The molecule has 8 heteroatoms. The molecule has 0 spiro atoms. The normalized spacial score (nSPS) is 10.7. The minimum Gasteiger partial charge on any atom is -0.437 e. The molecule has 3 aromatic carbocycles. The zero-order chi connectivity index (χ0) is 23.3. The summed E-state index contributed by atoms with van der Waals surface area (Å²) in [5.74, 6) is 0.395. The van der Waals surface area contributed by atoms with Crippen LogP contribution < -0.4 is 15.6 Å². The van der Waals surface area contributed by atoms with Crippen LogP contribution in [0.2, 0.25) is 0 Å². The predicted octanol–water partition coefficient (Wildman–Crippen LogP) is 4.28. The molecule has 166 valence electrons. The number of hydrogen-bond donors (Lipinski definition) is 1. The van der Waals surface area contributed by atoms with Gasteiger partial charge in [0.15, 0.2) is 5.69 Å². The summed E-state index contributed by atoms with van der Waals surface area (Å²) in [5.41, 5.74) is 1.33. The minimum absolute atomic E-state index is 0.159. The fourth-order valence-corrected chi connectivity index (χ4v) is 3.55. The fraction of sp³-hybridized carbons (Fsp3) is 0.0385. The first-order valence-electron chi connectivity index (χ1n) is 10.6. The second-order valence-electron chi connectivity index (χ2n) is 7.47. The number of benzene rings is 3. The van der Waals surface area contributed by atoms with Crippen LogP contribution in [0.15, 0.2) is 102 Å². The van der Waals surface area contributed by atoms with E-state index in [2.05, 4.69) is 20.4 Å². The molecule has 5 rings (SSSR count). The minimum atomic E-state index is -0.435. The maximum atomic E-state index is 13.3. The van der Waals surface area contributed by atoms with Gasteiger partial charge in [0.1, 0.15) is 5.75 Å². The van der Waals surface area contributed by atoms with Crippen molar-refractivity contribution in [1.82, 2.24) is 19.7 Å². The van der Waals surface area contributed by atoms with Crippen molar-refractivity contribution >= 4 is 22.4 Å². The average molecular weight is 449 g/mol. The van der Waals surface area contributed by atoms with Crippen molar-refractivity contribution in [3.63, 3.8) is 0 Å². The van der Waals surface area contributed by atoms with Gasteiger partial charge in [0.25, 0.3) is 11.5 Å². The van der Waals surface area contributed by atoms with E-state index in [0.29, 0.717) is 28.1 Å². The highest BCUT2D eigenvalue weighted by Gasteiger charge is 2.17. The van der Waals surface area contributed by atoms with Crippen LogP contribution >= 0.6 is 0 Å². The van der Waals surface area contributed by atoms with Crippen molar-refractivity contribution < 1.29 is 9.53 Å². The van der Waals surface area contributed by atoms with E-state index in [9.17, 15) is 9.59 Å². The Bertz CT molecular complexity index is 1520. The summed E-state index contributed by atoms with van der Waals surface area (Å²) < 4.78 is 7.01. The van der Waals surface area contributed by atoms with E-state index in [1.54, 1.807) is 54.7 Å². The predicted molar refractivity (Wildman–Crippen MR) is 128 cm³/mol. The summed E-state index contributed by atoms with van der Waals surface area (Å²) in [4.78, 5) is 34.3. The molecule has 1 N–H and O–H groups in total. The van der Waals surface area contributed by atoms with E-state index in [-0.39, 0.29) is 17.8 Å². The SMILES string of the molecule is O=C(Nc1cccc(Oc2cnccn2)c1)c1nn(Cc2ccccc2)c(=O)c2ccccc12. The molecular weight excluding hydrogens is 430 g/mol. The van der Waals surface area contributed by atoms with Crippen LogP contribution in [0.5, 0.6) is 11.6 Å². The van der Waals surface area contributed by atoms with Gasteiger partial charge in [0.05, 0.1) is 18.1 Å². The smallest absolute Gasteiger partial charge is 0.276 e. The first-order chi connectivity index (χ1) is 16.7. The third-order valence-electron chi connectivity index (χ3n) is 5.11. The van der Waals surface area contributed by atoms with Crippen molar-refractivity contribution in [3.8, 4) is 11.6 Å². The number of nitrogens with zero attached hydrogens (tertiary/aromatic N) is 4. The van der Waals surface area contributed by atoms with Crippen LogP contribution in [0.25, 0.3) is 10.8 Å². The molecule has 0 atom stereocenters. The van der Waals surface area contributed by atoms with Crippen molar-refractivity contribution in [2.24, 2.45) is 0 Å². The molecule has 0 aliphatic heterocycles. The second-order valence-corrected chi connectivity index (χ2v) is 7.47. The number of aromatic nitrogens is 4. The molecule has 1 amide bonds. The number of anilines is 1. The summed E-state index contributed by atoms with van der Waals surface area (Å²) in [6.45, 7) is 0.256. The molecule has 0 radical (unpaired) electrons. The third-order valence-corrected chi connectivity index (χ3v) is 5.11. The lowest BCUT2D eigenvalue weighted by atomic mass is 10.1. The fourth-order valence-electron chi connectivity index (χ4n) is 3.55. The Morgan fingerprint density at radius 3 is 2.50 bits per heavy atom. The van der Waals surface area contributed by atoms with Crippen molar-refractivity contribution in [3.05, 3.63) is 119 Å². The molecule has 0 saturated heterocycles. The van der Waals surface area contributed by atoms with Crippen LogP contribution in [0.3, 0.4) is 0 Å². The number of carbonyl (C=O) groups excluding carboxylic acids is 1. The lowest BCUT2D eigenvalue weighted by molar-refractivity contribution is 0.102. The summed E-state index contributed by atoms with van der Waals surface area (Å²) in [7, 11) is 0. The highest BCUT2D eigenvalue weighted by molar-refractivity contribution is 6.11. The van der Waals surface area contributed by atoms with Gasteiger partial charge in [0.2, 0.25) is 5.88 Å². The average Bonchev–Trinajstić information content (AvgIpc) is 2.87. The monoisotopic (exact) mass is 449 g/mol. The van der Waals surface area contributed by atoms with Crippen molar-refractivity contribution in [2.45, 2.75) is 6.54 Å². The Hall–Kier alpha value is -4.85. The molecule has 2 heterocycles. The van der Waals surface area contributed by atoms with E-state index in [1.807, 2.05) is 30.3 Å². The molecule has 0 saturated carbocycles.